The van der Waals surface area contributed by atoms with Gasteiger partial charge in [-0.3, -0.25) is 4.90 Å². The first-order valence-corrected chi connectivity index (χ1v) is 5.50. The predicted molar refractivity (Wildman–Crippen MR) is 53.8 cm³/mol. The van der Waals surface area contributed by atoms with Crippen LogP contribution in [-0.4, -0.2) is 36.7 Å². The second-order valence-electron chi connectivity index (χ2n) is 4.46. The van der Waals surface area contributed by atoms with E-state index in [9.17, 15) is 5.26 Å². The van der Waals surface area contributed by atoms with Crippen molar-refractivity contribution in [1.29, 1.82) is 5.26 Å². The molecule has 1 saturated carbocycles. The summed E-state index contributed by atoms with van der Waals surface area (Å²) < 4.78 is 5.26. The topological polar surface area (TPSA) is 36.3 Å². The maximum Gasteiger partial charge on any atom is 0.114 e. The molecule has 78 valence electrons. The highest BCUT2D eigenvalue weighted by molar-refractivity contribution is 5.17. The van der Waals surface area contributed by atoms with E-state index in [-0.39, 0.29) is 5.54 Å². The average molecular weight is 194 g/mol. The molecule has 1 aliphatic carbocycles. The number of methoxy groups -OCH3 is 1. The lowest BCUT2D eigenvalue weighted by Crippen LogP contribution is -2.60. The smallest absolute Gasteiger partial charge is 0.114 e. The molecule has 0 aromatic carbocycles. The Labute approximate surface area is 85.6 Å². The molecule has 0 aromatic heterocycles. The Morgan fingerprint density at radius 2 is 1.93 bits per heavy atom. The fourth-order valence-electron chi connectivity index (χ4n) is 2.60. The van der Waals surface area contributed by atoms with Gasteiger partial charge in [0.05, 0.1) is 12.2 Å². The van der Waals surface area contributed by atoms with Crippen molar-refractivity contribution < 1.29 is 4.74 Å². The first kappa shape index (κ1) is 9.95. The van der Waals surface area contributed by atoms with Crippen LogP contribution in [0.3, 0.4) is 0 Å². The highest BCUT2D eigenvalue weighted by atomic mass is 16.5. The van der Waals surface area contributed by atoms with Gasteiger partial charge >= 0.3 is 0 Å². The molecule has 0 aromatic rings. The van der Waals surface area contributed by atoms with E-state index in [1.54, 1.807) is 7.11 Å². The van der Waals surface area contributed by atoms with Crippen molar-refractivity contribution in [2.24, 2.45) is 0 Å². The second-order valence-corrected chi connectivity index (χ2v) is 4.46. The molecule has 2 fully saturated rings. The third-order valence-electron chi connectivity index (χ3n) is 3.63. The maximum atomic E-state index is 9.25. The van der Waals surface area contributed by atoms with E-state index in [2.05, 4.69) is 11.0 Å². The van der Waals surface area contributed by atoms with Crippen molar-refractivity contribution in [2.75, 3.05) is 20.2 Å². The van der Waals surface area contributed by atoms with E-state index in [0.29, 0.717) is 6.10 Å². The van der Waals surface area contributed by atoms with Crippen LogP contribution < -0.4 is 0 Å². The molecule has 3 heteroatoms. The second kappa shape index (κ2) is 3.88. The Morgan fingerprint density at radius 1 is 1.29 bits per heavy atom. The third-order valence-corrected chi connectivity index (χ3v) is 3.63. The van der Waals surface area contributed by atoms with Gasteiger partial charge in [-0.1, -0.05) is 6.42 Å². The minimum atomic E-state index is -0.179. The first-order valence-electron chi connectivity index (χ1n) is 5.50. The Bertz CT molecular complexity index is 234. The molecule has 1 saturated heterocycles. The average Bonchev–Trinajstić information content (AvgIpc) is 2.19. The molecule has 0 radical (unpaired) electrons. The van der Waals surface area contributed by atoms with Gasteiger partial charge in [0.15, 0.2) is 0 Å². The molecule has 0 unspecified atom stereocenters. The minimum absolute atomic E-state index is 0.179. The molecular formula is C11H18N2O. The van der Waals surface area contributed by atoms with E-state index in [0.717, 1.165) is 25.9 Å². The molecule has 0 bridgehead atoms. The fourth-order valence-corrected chi connectivity index (χ4v) is 2.60. The summed E-state index contributed by atoms with van der Waals surface area (Å²) in [6.07, 6.45) is 5.95. The van der Waals surface area contributed by atoms with Gasteiger partial charge in [0.25, 0.3) is 0 Å². The Kier molecular flexibility index (Phi) is 2.76. The summed E-state index contributed by atoms with van der Waals surface area (Å²) in [6.45, 7) is 2.20. The number of ether oxygens (including phenoxy) is 1. The normalized spacial score (nSPS) is 38.7. The number of likely N-dealkylation sites (tertiary alicyclic amines) is 1. The van der Waals surface area contributed by atoms with Crippen LogP contribution in [0.2, 0.25) is 0 Å². The van der Waals surface area contributed by atoms with E-state index in [1.807, 2.05) is 0 Å². The van der Waals surface area contributed by atoms with E-state index in [1.165, 1.54) is 19.3 Å². The Morgan fingerprint density at radius 3 is 2.43 bits per heavy atom. The van der Waals surface area contributed by atoms with E-state index >= 15 is 0 Å². The zero-order valence-corrected chi connectivity index (χ0v) is 8.83. The summed E-state index contributed by atoms with van der Waals surface area (Å²) in [5.41, 5.74) is -0.179. The van der Waals surface area contributed by atoms with Crippen LogP contribution in [0.1, 0.15) is 32.1 Å². The van der Waals surface area contributed by atoms with Gasteiger partial charge in [0.1, 0.15) is 5.54 Å². The minimum Gasteiger partial charge on any atom is -0.381 e. The number of hydrogen-bond donors (Lipinski definition) is 0. The van der Waals surface area contributed by atoms with Crippen LogP contribution in [0, 0.1) is 11.3 Å². The molecular weight excluding hydrogens is 176 g/mol. The van der Waals surface area contributed by atoms with Crippen molar-refractivity contribution in [3.05, 3.63) is 0 Å². The zero-order chi connectivity index (χ0) is 10.0. The standard InChI is InChI=1S/C11H18N2O/c1-14-10-7-11(8-10,9-12)13-5-3-2-4-6-13/h10H,2-8H2,1H3. The van der Waals surface area contributed by atoms with Gasteiger partial charge in [-0.25, -0.2) is 0 Å². The number of nitriles is 1. The van der Waals surface area contributed by atoms with Crippen molar-refractivity contribution in [3.63, 3.8) is 0 Å². The fraction of sp³-hybridized carbons (Fsp3) is 0.909. The molecule has 0 spiro atoms. The van der Waals surface area contributed by atoms with Gasteiger partial charge in [0.2, 0.25) is 0 Å². The van der Waals surface area contributed by atoms with Crippen LogP contribution in [0.25, 0.3) is 0 Å². The molecule has 1 aliphatic heterocycles. The number of rotatable bonds is 2. The molecule has 14 heavy (non-hydrogen) atoms. The largest absolute Gasteiger partial charge is 0.381 e. The van der Waals surface area contributed by atoms with Crippen LogP contribution in [0.5, 0.6) is 0 Å². The lowest BCUT2D eigenvalue weighted by molar-refractivity contribution is -0.0679. The summed E-state index contributed by atoms with van der Waals surface area (Å²) >= 11 is 0. The summed E-state index contributed by atoms with van der Waals surface area (Å²) in [5.74, 6) is 0. The van der Waals surface area contributed by atoms with Gasteiger partial charge in [-0.2, -0.15) is 5.26 Å². The van der Waals surface area contributed by atoms with Crippen LogP contribution in [0.4, 0.5) is 0 Å². The molecule has 0 amide bonds. The van der Waals surface area contributed by atoms with Crippen molar-refractivity contribution in [1.82, 2.24) is 4.90 Å². The van der Waals surface area contributed by atoms with Crippen molar-refractivity contribution >= 4 is 0 Å². The Hall–Kier alpha value is -0.590. The van der Waals surface area contributed by atoms with Crippen LogP contribution >= 0.6 is 0 Å². The highest BCUT2D eigenvalue weighted by Gasteiger charge is 2.49. The number of hydrogen-bond acceptors (Lipinski definition) is 3. The van der Waals surface area contributed by atoms with Crippen molar-refractivity contribution in [2.45, 2.75) is 43.7 Å². The van der Waals surface area contributed by atoms with Crippen LogP contribution in [0.15, 0.2) is 0 Å². The molecule has 0 atom stereocenters. The molecule has 2 rings (SSSR count). The van der Waals surface area contributed by atoms with E-state index in [4.69, 9.17) is 4.74 Å². The third kappa shape index (κ3) is 1.53. The zero-order valence-electron chi connectivity index (χ0n) is 8.83. The lowest BCUT2D eigenvalue weighted by Gasteiger charge is -2.50. The predicted octanol–water partition coefficient (Wildman–Crippen LogP) is 1.54. The van der Waals surface area contributed by atoms with E-state index < -0.39 is 0 Å². The first-order chi connectivity index (χ1) is 6.80. The van der Waals surface area contributed by atoms with Gasteiger partial charge in [0, 0.05) is 20.0 Å². The van der Waals surface area contributed by atoms with Gasteiger partial charge in [-0.15, -0.1) is 0 Å². The monoisotopic (exact) mass is 194 g/mol. The lowest BCUT2D eigenvalue weighted by atomic mass is 9.73. The summed E-state index contributed by atoms with van der Waals surface area (Å²) in [6, 6.07) is 2.49. The summed E-state index contributed by atoms with van der Waals surface area (Å²) in [4.78, 5) is 2.37. The molecule has 2 aliphatic rings. The van der Waals surface area contributed by atoms with Crippen molar-refractivity contribution in [3.8, 4) is 6.07 Å². The molecule has 3 nitrogen and oxygen atoms in total. The Balaban J connectivity index is 1.97. The molecule has 1 heterocycles. The van der Waals surface area contributed by atoms with Gasteiger partial charge in [-0.05, 0) is 25.9 Å². The van der Waals surface area contributed by atoms with Crippen LogP contribution in [-0.2, 0) is 4.74 Å². The highest BCUT2D eigenvalue weighted by Crippen LogP contribution is 2.40. The maximum absolute atomic E-state index is 9.25. The SMILES string of the molecule is COC1CC(C#N)(N2CCCCC2)C1. The summed E-state index contributed by atoms with van der Waals surface area (Å²) in [7, 11) is 1.74. The quantitative estimate of drug-likeness (QED) is 0.669. The number of piperidine rings is 1. The molecule has 0 N–H and O–H groups in total. The summed E-state index contributed by atoms with van der Waals surface area (Å²) in [5, 5.41) is 9.25. The van der Waals surface area contributed by atoms with Gasteiger partial charge < -0.3 is 4.74 Å². The number of nitrogens with zero attached hydrogens (tertiary/aromatic N) is 2.